The van der Waals surface area contributed by atoms with Gasteiger partial charge >= 0.3 is 6.18 Å². The standard InChI is InChI=1S/C10H15F3N4O2/c1-14-7-3-8(15-4-6(18)5-19-2)17-9(16-7)10(11,12)13/h3,6,18H,4-5H2,1-2H3,(H2,14,15,16,17). The van der Waals surface area contributed by atoms with Gasteiger partial charge in [0.2, 0.25) is 5.82 Å². The molecule has 0 aliphatic heterocycles. The van der Waals surface area contributed by atoms with Crippen LogP contribution in [0.1, 0.15) is 5.82 Å². The fraction of sp³-hybridized carbons (Fsp3) is 0.600. The van der Waals surface area contributed by atoms with Gasteiger partial charge in [0.25, 0.3) is 0 Å². The van der Waals surface area contributed by atoms with Crippen molar-refractivity contribution in [3.05, 3.63) is 11.9 Å². The highest BCUT2D eigenvalue weighted by atomic mass is 19.4. The number of hydrogen-bond donors (Lipinski definition) is 3. The van der Waals surface area contributed by atoms with Crippen LogP contribution in [-0.4, -0.2) is 48.5 Å². The predicted molar refractivity (Wildman–Crippen MR) is 63.0 cm³/mol. The summed E-state index contributed by atoms with van der Waals surface area (Å²) >= 11 is 0. The summed E-state index contributed by atoms with van der Waals surface area (Å²) in [4.78, 5) is 6.66. The van der Waals surface area contributed by atoms with Crippen LogP contribution in [0, 0.1) is 0 Å². The van der Waals surface area contributed by atoms with Crippen LogP contribution in [0.25, 0.3) is 0 Å². The highest BCUT2D eigenvalue weighted by Crippen LogP contribution is 2.28. The Hall–Kier alpha value is -1.61. The lowest BCUT2D eigenvalue weighted by Crippen LogP contribution is -2.25. The van der Waals surface area contributed by atoms with Crippen molar-refractivity contribution in [3.8, 4) is 0 Å². The van der Waals surface area contributed by atoms with Gasteiger partial charge in [-0.05, 0) is 0 Å². The molecule has 3 N–H and O–H groups in total. The third-order valence-electron chi connectivity index (χ3n) is 2.11. The van der Waals surface area contributed by atoms with E-state index in [1.54, 1.807) is 0 Å². The zero-order valence-corrected chi connectivity index (χ0v) is 10.5. The Morgan fingerprint density at radius 3 is 2.53 bits per heavy atom. The summed E-state index contributed by atoms with van der Waals surface area (Å²) in [5, 5.41) is 14.5. The maximum absolute atomic E-state index is 12.6. The Labute approximate surface area is 108 Å². The fourth-order valence-electron chi connectivity index (χ4n) is 1.27. The molecule has 0 fully saturated rings. The number of alkyl halides is 3. The molecule has 1 aromatic heterocycles. The predicted octanol–water partition coefficient (Wildman–Crippen LogP) is 0.956. The van der Waals surface area contributed by atoms with Crippen molar-refractivity contribution in [2.45, 2.75) is 12.3 Å². The molecular weight excluding hydrogens is 265 g/mol. The minimum absolute atomic E-state index is 0.0192. The molecule has 0 radical (unpaired) electrons. The number of anilines is 2. The van der Waals surface area contributed by atoms with E-state index in [0.717, 1.165) is 0 Å². The van der Waals surface area contributed by atoms with Crippen LogP contribution >= 0.6 is 0 Å². The molecule has 0 aromatic carbocycles. The van der Waals surface area contributed by atoms with Crippen molar-refractivity contribution < 1.29 is 23.0 Å². The van der Waals surface area contributed by atoms with Gasteiger partial charge in [-0.15, -0.1) is 0 Å². The molecule has 0 saturated heterocycles. The van der Waals surface area contributed by atoms with E-state index >= 15 is 0 Å². The summed E-state index contributed by atoms with van der Waals surface area (Å²) in [6, 6.07) is 1.31. The molecule has 1 heterocycles. The molecule has 1 unspecified atom stereocenters. The van der Waals surface area contributed by atoms with Gasteiger partial charge in [-0.25, -0.2) is 9.97 Å². The Balaban J connectivity index is 2.83. The zero-order valence-electron chi connectivity index (χ0n) is 10.5. The average Bonchev–Trinajstić information content (AvgIpc) is 2.35. The summed E-state index contributed by atoms with van der Waals surface area (Å²) in [6.45, 7) is 0.0917. The molecule has 0 spiro atoms. The van der Waals surface area contributed by atoms with Crippen molar-refractivity contribution in [1.82, 2.24) is 9.97 Å². The van der Waals surface area contributed by atoms with Crippen LogP contribution in [0.4, 0.5) is 24.8 Å². The number of nitrogens with zero attached hydrogens (tertiary/aromatic N) is 2. The minimum atomic E-state index is -4.63. The third kappa shape index (κ3) is 4.87. The van der Waals surface area contributed by atoms with Crippen molar-refractivity contribution in [2.75, 3.05) is 37.9 Å². The third-order valence-corrected chi connectivity index (χ3v) is 2.11. The average molecular weight is 280 g/mol. The van der Waals surface area contributed by atoms with Gasteiger partial charge in [0.15, 0.2) is 0 Å². The molecular formula is C10H15F3N4O2. The Kier molecular flexibility index (Phi) is 5.31. The van der Waals surface area contributed by atoms with Crippen LogP contribution in [0.5, 0.6) is 0 Å². The molecule has 108 valence electrons. The first-order valence-corrected chi connectivity index (χ1v) is 5.41. The van der Waals surface area contributed by atoms with Gasteiger partial charge < -0.3 is 20.5 Å². The summed E-state index contributed by atoms with van der Waals surface area (Å²) in [6.07, 6.45) is -5.47. The number of hydrogen-bond acceptors (Lipinski definition) is 6. The number of aromatic nitrogens is 2. The van der Waals surface area contributed by atoms with E-state index in [4.69, 9.17) is 4.74 Å². The molecule has 6 nitrogen and oxygen atoms in total. The van der Waals surface area contributed by atoms with E-state index in [1.807, 2.05) is 0 Å². The quantitative estimate of drug-likeness (QED) is 0.720. The molecule has 0 saturated carbocycles. The van der Waals surface area contributed by atoms with Crippen molar-refractivity contribution in [3.63, 3.8) is 0 Å². The second-order valence-electron chi connectivity index (χ2n) is 3.70. The van der Waals surface area contributed by atoms with Gasteiger partial charge in [0.1, 0.15) is 11.6 Å². The monoisotopic (exact) mass is 280 g/mol. The van der Waals surface area contributed by atoms with E-state index < -0.39 is 18.1 Å². The van der Waals surface area contributed by atoms with Crippen LogP contribution in [0.15, 0.2) is 6.07 Å². The Bertz CT molecular complexity index is 414. The van der Waals surface area contributed by atoms with E-state index in [-0.39, 0.29) is 24.8 Å². The molecule has 1 aromatic rings. The SMILES string of the molecule is CNc1cc(NCC(O)COC)nc(C(F)(F)F)n1. The highest BCUT2D eigenvalue weighted by Gasteiger charge is 2.35. The number of ether oxygens (including phenoxy) is 1. The lowest BCUT2D eigenvalue weighted by atomic mass is 10.3. The van der Waals surface area contributed by atoms with Gasteiger partial charge in [-0.3, -0.25) is 0 Å². The summed E-state index contributed by atoms with van der Waals surface area (Å²) < 4.78 is 42.4. The largest absolute Gasteiger partial charge is 0.451 e. The first-order valence-electron chi connectivity index (χ1n) is 5.41. The molecule has 0 amide bonds. The number of methoxy groups -OCH3 is 1. The minimum Gasteiger partial charge on any atom is -0.389 e. The van der Waals surface area contributed by atoms with E-state index in [9.17, 15) is 18.3 Å². The summed E-state index contributed by atoms with van der Waals surface area (Å²) in [5.74, 6) is -1.24. The van der Waals surface area contributed by atoms with Crippen LogP contribution in [0.3, 0.4) is 0 Å². The summed E-state index contributed by atoms with van der Waals surface area (Å²) in [7, 11) is 2.86. The fourth-order valence-corrected chi connectivity index (χ4v) is 1.27. The van der Waals surface area contributed by atoms with Gasteiger partial charge in [0, 0.05) is 26.8 Å². The van der Waals surface area contributed by atoms with Gasteiger partial charge in [-0.1, -0.05) is 0 Å². The topological polar surface area (TPSA) is 79.3 Å². The lowest BCUT2D eigenvalue weighted by molar-refractivity contribution is -0.144. The second kappa shape index (κ2) is 6.53. The maximum Gasteiger partial charge on any atom is 0.451 e. The molecule has 1 rings (SSSR count). The Morgan fingerprint density at radius 2 is 2.00 bits per heavy atom. The van der Waals surface area contributed by atoms with Crippen LogP contribution in [0.2, 0.25) is 0 Å². The lowest BCUT2D eigenvalue weighted by Gasteiger charge is -2.13. The van der Waals surface area contributed by atoms with E-state index in [1.165, 1.54) is 20.2 Å². The normalized spacial score (nSPS) is 13.2. The number of rotatable bonds is 6. The smallest absolute Gasteiger partial charge is 0.389 e. The molecule has 0 aliphatic rings. The van der Waals surface area contributed by atoms with Gasteiger partial charge in [-0.2, -0.15) is 13.2 Å². The number of aliphatic hydroxyl groups excluding tert-OH is 1. The van der Waals surface area contributed by atoms with Crippen LogP contribution < -0.4 is 10.6 Å². The molecule has 0 bridgehead atoms. The van der Waals surface area contributed by atoms with Crippen molar-refractivity contribution in [1.29, 1.82) is 0 Å². The zero-order chi connectivity index (χ0) is 14.5. The second-order valence-corrected chi connectivity index (χ2v) is 3.70. The van der Waals surface area contributed by atoms with Crippen LogP contribution in [-0.2, 0) is 10.9 Å². The molecule has 9 heteroatoms. The first kappa shape index (κ1) is 15.4. The maximum atomic E-state index is 12.6. The first-order chi connectivity index (χ1) is 8.86. The van der Waals surface area contributed by atoms with E-state index in [2.05, 4.69) is 20.6 Å². The Morgan fingerprint density at radius 1 is 1.37 bits per heavy atom. The number of aliphatic hydroxyl groups is 1. The summed E-state index contributed by atoms with van der Waals surface area (Å²) in [5.41, 5.74) is 0. The molecule has 1 atom stereocenters. The van der Waals surface area contributed by atoms with E-state index in [0.29, 0.717) is 0 Å². The highest BCUT2D eigenvalue weighted by molar-refractivity contribution is 5.47. The number of halogens is 3. The van der Waals surface area contributed by atoms with Gasteiger partial charge in [0.05, 0.1) is 12.7 Å². The van der Waals surface area contributed by atoms with Crippen molar-refractivity contribution >= 4 is 11.6 Å². The molecule has 19 heavy (non-hydrogen) atoms. The molecule has 0 aliphatic carbocycles. The number of nitrogens with one attached hydrogen (secondary N) is 2. The van der Waals surface area contributed by atoms with Crippen molar-refractivity contribution in [2.24, 2.45) is 0 Å².